The van der Waals surface area contributed by atoms with E-state index >= 15 is 0 Å². The fourth-order valence-corrected chi connectivity index (χ4v) is 2.72. The largest absolute Gasteiger partial charge is 0.497 e. The van der Waals surface area contributed by atoms with Crippen LogP contribution in [0.1, 0.15) is 24.2 Å². The highest BCUT2D eigenvalue weighted by Crippen LogP contribution is 2.43. The quantitative estimate of drug-likeness (QED) is 0.923. The number of aliphatic hydroxyl groups is 1. The van der Waals surface area contributed by atoms with Crippen LogP contribution < -0.4 is 14.2 Å². The number of rotatable bonds is 2. The SMILES string of the molecule is COc1ccc2c3c(cc(OC)c2c1)C(=O)[C@H](O)C(C)(C)O3. The third-order valence-electron chi connectivity index (χ3n) is 4.01. The van der Waals surface area contributed by atoms with Gasteiger partial charge in [-0.25, -0.2) is 0 Å². The summed E-state index contributed by atoms with van der Waals surface area (Å²) in [7, 11) is 3.13. The minimum atomic E-state index is -1.21. The van der Waals surface area contributed by atoms with E-state index in [1.54, 1.807) is 33.1 Å². The molecule has 1 aliphatic heterocycles. The lowest BCUT2D eigenvalue weighted by atomic mass is 9.88. The lowest BCUT2D eigenvalue weighted by molar-refractivity contribution is -0.0240. The van der Waals surface area contributed by atoms with Crippen molar-refractivity contribution in [1.29, 1.82) is 0 Å². The van der Waals surface area contributed by atoms with Crippen LogP contribution in [0, 0.1) is 0 Å². The Hall–Kier alpha value is -2.27. The van der Waals surface area contributed by atoms with Gasteiger partial charge >= 0.3 is 0 Å². The van der Waals surface area contributed by atoms with Crippen LogP contribution in [0.3, 0.4) is 0 Å². The van der Waals surface area contributed by atoms with Crippen LogP contribution in [-0.2, 0) is 0 Å². The second-order valence-electron chi connectivity index (χ2n) is 5.84. The van der Waals surface area contributed by atoms with E-state index in [2.05, 4.69) is 0 Å². The molecule has 0 aliphatic carbocycles. The third-order valence-corrected chi connectivity index (χ3v) is 4.01. The zero-order chi connectivity index (χ0) is 16.1. The Balaban J connectivity index is 2.34. The first-order chi connectivity index (χ1) is 10.4. The van der Waals surface area contributed by atoms with Crippen molar-refractivity contribution < 1.29 is 24.1 Å². The summed E-state index contributed by atoms with van der Waals surface area (Å²) in [5.74, 6) is 1.34. The van der Waals surface area contributed by atoms with Crippen molar-refractivity contribution in [1.82, 2.24) is 0 Å². The number of carbonyl (C=O) groups is 1. The predicted molar refractivity (Wildman–Crippen MR) is 82.1 cm³/mol. The molecule has 0 saturated heterocycles. The molecule has 3 rings (SSSR count). The lowest BCUT2D eigenvalue weighted by Gasteiger charge is -2.36. The summed E-state index contributed by atoms with van der Waals surface area (Å²) >= 11 is 0. The number of ether oxygens (including phenoxy) is 3. The summed E-state index contributed by atoms with van der Waals surface area (Å²) < 4.78 is 16.5. The molecule has 1 N–H and O–H groups in total. The minimum absolute atomic E-state index is 0.335. The van der Waals surface area contributed by atoms with Gasteiger partial charge in [0.1, 0.15) is 22.8 Å². The molecule has 5 heteroatoms. The second-order valence-corrected chi connectivity index (χ2v) is 5.84. The summed E-state index contributed by atoms with van der Waals surface area (Å²) in [6, 6.07) is 7.07. The molecule has 0 fully saturated rings. The van der Waals surface area contributed by atoms with Crippen molar-refractivity contribution in [3.8, 4) is 17.2 Å². The number of hydrogen-bond acceptors (Lipinski definition) is 5. The molecule has 1 aliphatic rings. The monoisotopic (exact) mass is 302 g/mol. The van der Waals surface area contributed by atoms with Crippen LogP contribution in [0.2, 0.25) is 0 Å². The highest BCUT2D eigenvalue weighted by atomic mass is 16.5. The maximum absolute atomic E-state index is 12.5. The Morgan fingerprint density at radius 1 is 1.14 bits per heavy atom. The number of aliphatic hydroxyl groups excluding tert-OH is 1. The number of fused-ring (bicyclic) bond motifs is 3. The van der Waals surface area contributed by atoms with Crippen molar-refractivity contribution in [3.63, 3.8) is 0 Å². The van der Waals surface area contributed by atoms with Crippen molar-refractivity contribution in [2.75, 3.05) is 14.2 Å². The second kappa shape index (κ2) is 4.88. The Morgan fingerprint density at radius 2 is 1.86 bits per heavy atom. The molecule has 2 aromatic carbocycles. The van der Waals surface area contributed by atoms with Crippen LogP contribution >= 0.6 is 0 Å². The zero-order valence-electron chi connectivity index (χ0n) is 13.0. The van der Waals surface area contributed by atoms with Crippen LogP contribution in [0.4, 0.5) is 0 Å². The Kier molecular flexibility index (Phi) is 3.25. The number of hydrogen-bond donors (Lipinski definition) is 1. The van der Waals surface area contributed by atoms with Gasteiger partial charge in [-0.3, -0.25) is 4.79 Å². The van der Waals surface area contributed by atoms with Gasteiger partial charge in [-0.2, -0.15) is 0 Å². The van der Waals surface area contributed by atoms with E-state index in [1.165, 1.54) is 7.11 Å². The van der Waals surface area contributed by atoms with E-state index in [9.17, 15) is 9.90 Å². The molecule has 0 bridgehead atoms. The Bertz CT molecular complexity index is 763. The van der Waals surface area contributed by atoms with Crippen LogP contribution in [0.15, 0.2) is 24.3 Å². The molecule has 0 unspecified atom stereocenters. The van der Waals surface area contributed by atoms with Crippen LogP contribution in [-0.4, -0.2) is 36.8 Å². The summed E-state index contributed by atoms with van der Waals surface area (Å²) in [5.41, 5.74) is -0.646. The van der Waals surface area contributed by atoms with E-state index in [0.29, 0.717) is 22.8 Å². The molecule has 0 aromatic heterocycles. The van der Waals surface area contributed by atoms with E-state index in [-0.39, 0.29) is 5.78 Å². The fraction of sp³-hybridized carbons (Fsp3) is 0.353. The Labute approximate surface area is 128 Å². The van der Waals surface area contributed by atoms with E-state index in [0.717, 1.165) is 10.8 Å². The molecule has 0 saturated carbocycles. The van der Waals surface area contributed by atoms with Gasteiger partial charge in [0.2, 0.25) is 0 Å². The molecule has 2 aromatic rings. The molecule has 0 spiro atoms. The molecule has 1 atom stereocenters. The molecular formula is C17H18O5. The van der Waals surface area contributed by atoms with Gasteiger partial charge in [-0.1, -0.05) is 0 Å². The minimum Gasteiger partial charge on any atom is -0.497 e. The van der Waals surface area contributed by atoms with E-state index in [1.807, 2.05) is 12.1 Å². The van der Waals surface area contributed by atoms with Crippen LogP contribution in [0.5, 0.6) is 17.2 Å². The average molecular weight is 302 g/mol. The van der Waals surface area contributed by atoms with Gasteiger partial charge in [-0.05, 0) is 38.1 Å². The lowest BCUT2D eigenvalue weighted by Crippen LogP contribution is -2.50. The fourth-order valence-electron chi connectivity index (χ4n) is 2.72. The van der Waals surface area contributed by atoms with Gasteiger partial charge < -0.3 is 19.3 Å². The molecule has 22 heavy (non-hydrogen) atoms. The number of benzene rings is 2. The molecule has 1 heterocycles. The van der Waals surface area contributed by atoms with Gasteiger partial charge in [0, 0.05) is 10.8 Å². The number of carbonyl (C=O) groups excluding carboxylic acids is 1. The normalized spacial score (nSPS) is 19.5. The molecule has 0 radical (unpaired) electrons. The van der Waals surface area contributed by atoms with E-state index in [4.69, 9.17) is 14.2 Å². The first-order valence-electron chi connectivity index (χ1n) is 6.99. The van der Waals surface area contributed by atoms with Gasteiger partial charge in [0.25, 0.3) is 0 Å². The average Bonchev–Trinajstić information content (AvgIpc) is 2.51. The van der Waals surface area contributed by atoms with Crippen molar-refractivity contribution in [2.45, 2.75) is 25.6 Å². The molecule has 5 nitrogen and oxygen atoms in total. The van der Waals surface area contributed by atoms with Gasteiger partial charge in [0.05, 0.1) is 19.8 Å². The van der Waals surface area contributed by atoms with Crippen molar-refractivity contribution >= 4 is 16.6 Å². The predicted octanol–water partition coefficient (Wildman–Crippen LogP) is 2.57. The third kappa shape index (κ3) is 2.01. The highest BCUT2D eigenvalue weighted by Gasteiger charge is 2.43. The molecule has 116 valence electrons. The first kappa shape index (κ1) is 14.7. The molecular weight excluding hydrogens is 284 g/mol. The number of Topliss-reactive ketones (excluding diaryl/α,β-unsaturated/α-hetero) is 1. The zero-order valence-corrected chi connectivity index (χ0v) is 13.0. The van der Waals surface area contributed by atoms with Gasteiger partial charge in [0.15, 0.2) is 11.9 Å². The van der Waals surface area contributed by atoms with Crippen molar-refractivity contribution in [3.05, 3.63) is 29.8 Å². The van der Waals surface area contributed by atoms with E-state index < -0.39 is 11.7 Å². The summed E-state index contributed by atoms with van der Waals surface area (Å²) in [6.07, 6.45) is -1.21. The summed E-state index contributed by atoms with van der Waals surface area (Å²) in [4.78, 5) is 12.5. The Morgan fingerprint density at radius 3 is 2.50 bits per heavy atom. The summed E-state index contributed by atoms with van der Waals surface area (Å²) in [5, 5.41) is 11.7. The van der Waals surface area contributed by atoms with Crippen molar-refractivity contribution in [2.24, 2.45) is 0 Å². The maximum Gasteiger partial charge on any atom is 0.199 e. The maximum atomic E-state index is 12.5. The van der Waals surface area contributed by atoms with Crippen LogP contribution in [0.25, 0.3) is 10.8 Å². The smallest absolute Gasteiger partial charge is 0.199 e. The number of ketones is 1. The standard InChI is InChI=1S/C17H18O5/c1-17(2)16(19)14(18)12-8-13(21-4)11-7-9(20-3)5-6-10(11)15(12)22-17/h5-8,16,19H,1-4H3/t16-/m0/s1. The summed E-state index contributed by atoms with van der Waals surface area (Å²) in [6.45, 7) is 3.39. The topological polar surface area (TPSA) is 65.0 Å². The first-order valence-corrected chi connectivity index (χ1v) is 6.99. The molecule has 0 amide bonds. The number of methoxy groups -OCH3 is 2. The highest BCUT2D eigenvalue weighted by molar-refractivity contribution is 6.10. The van der Waals surface area contributed by atoms with Gasteiger partial charge in [-0.15, -0.1) is 0 Å².